The van der Waals surface area contributed by atoms with Gasteiger partial charge in [0.25, 0.3) is 11.8 Å². The number of anilines is 1. The van der Waals surface area contributed by atoms with Gasteiger partial charge in [-0.2, -0.15) is 0 Å². The van der Waals surface area contributed by atoms with E-state index in [9.17, 15) is 14.4 Å². The molecule has 0 unspecified atom stereocenters. The van der Waals surface area contributed by atoms with Gasteiger partial charge in [-0.1, -0.05) is 0 Å². The first-order valence-electron chi connectivity index (χ1n) is 8.65. The number of benzene rings is 1. The second kappa shape index (κ2) is 8.74. The number of hydrogen-bond acceptors (Lipinski definition) is 6. The Labute approximate surface area is 174 Å². The number of hydrogen-bond donors (Lipinski definition) is 2. The van der Waals surface area contributed by atoms with E-state index in [-0.39, 0.29) is 6.61 Å². The third-order valence-corrected chi connectivity index (χ3v) is 6.21. The molecule has 2 aromatic rings. The monoisotopic (exact) mass is 466 g/mol. The minimum Gasteiger partial charge on any atom is -0.483 e. The summed E-state index contributed by atoms with van der Waals surface area (Å²) in [5.74, 6) is -0.990. The number of nitrogens with one attached hydrogen (secondary N) is 1. The lowest BCUT2D eigenvalue weighted by Gasteiger charge is -2.11. The Morgan fingerprint density at radius 2 is 2.00 bits per heavy atom. The predicted molar refractivity (Wildman–Crippen MR) is 109 cm³/mol. The molecular formula is C19H19BrN2O5S. The SMILES string of the molecule is COC(=O)c1ccc(OCC(=O)Nc2sc3c(c2C(N)=O)CCCC3)c(Br)c1. The summed E-state index contributed by atoms with van der Waals surface area (Å²) in [7, 11) is 1.30. The highest BCUT2D eigenvalue weighted by atomic mass is 79.9. The fourth-order valence-corrected chi connectivity index (χ4v) is 4.89. The maximum Gasteiger partial charge on any atom is 0.337 e. The quantitative estimate of drug-likeness (QED) is 0.634. The fraction of sp³-hybridized carbons (Fsp3) is 0.316. The van der Waals surface area contributed by atoms with Crippen LogP contribution in [0.4, 0.5) is 5.00 Å². The van der Waals surface area contributed by atoms with Crippen LogP contribution in [0.25, 0.3) is 0 Å². The predicted octanol–water partition coefficient (Wildman–Crippen LogP) is 3.29. The summed E-state index contributed by atoms with van der Waals surface area (Å²) in [5, 5.41) is 3.22. The fourth-order valence-electron chi connectivity index (χ4n) is 3.08. The number of esters is 1. The minimum absolute atomic E-state index is 0.253. The van der Waals surface area contributed by atoms with E-state index >= 15 is 0 Å². The third-order valence-electron chi connectivity index (χ3n) is 4.38. The number of primary amides is 1. The Bertz CT molecular complexity index is 941. The summed E-state index contributed by atoms with van der Waals surface area (Å²) in [6.45, 7) is -0.253. The summed E-state index contributed by atoms with van der Waals surface area (Å²) in [6.07, 6.45) is 3.77. The van der Waals surface area contributed by atoms with Gasteiger partial charge in [-0.25, -0.2) is 4.79 Å². The molecule has 7 nitrogen and oxygen atoms in total. The second-order valence-electron chi connectivity index (χ2n) is 6.25. The van der Waals surface area contributed by atoms with Crippen LogP contribution in [0, 0.1) is 0 Å². The van der Waals surface area contributed by atoms with E-state index in [0.29, 0.717) is 26.4 Å². The molecule has 1 aromatic heterocycles. The van der Waals surface area contributed by atoms with Crippen molar-refractivity contribution in [3.63, 3.8) is 0 Å². The first kappa shape index (κ1) is 20.3. The smallest absolute Gasteiger partial charge is 0.337 e. The second-order valence-corrected chi connectivity index (χ2v) is 8.21. The van der Waals surface area contributed by atoms with Gasteiger partial charge in [0.15, 0.2) is 6.61 Å². The highest BCUT2D eigenvalue weighted by Crippen LogP contribution is 2.37. The van der Waals surface area contributed by atoms with Gasteiger partial charge in [0, 0.05) is 4.88 Å². The number of fused-ring (bicyclic) bond motifs is 1. The van der Waals surface area contributed by atoms with E-state index in [1.54, 1.807) is 18.2 Å². The molecule has 148 valence electrons. The van der Waals surface area contributed by atoms with Crippen LogP contribution in [0.5, 0.6) is 5.75 Å². The highest BCUT2D eigenvalue weighted by molar-refractivity contribution is 9.10. The summed E-state index contributed by atoms with van der Waals surface area (Å²) >= 11 is 4.71. The lowest BCUT2D eigenvalue weighted by molar-refractivity contribution is -0.118. The zero-order valence-corrected chi connectivity index (χ0v) is 17.6. The standard InChI is InChI=1S/C19H19BrN2O5S/c1-26-19(25)10-6-7-13(12(20)8-10)27-9-15(23)22-18-16(17(21)24)11-4-2-3-5-14(11)28-18/h6-8H,2-5,9H2,1H3,(H2,21,24)(H,22,23). The van der Waals surface area contributed by atoms with Gasteiger partial charge in [-0.05, 0) is 65.4 Å². The van der Waals surface area contributed by atoms with Gasteiger partial charge in [0.2, 0.25) is 0 Å². The molecule has 28 heavy (non-hydrogen) atoms. The summed E-state index contributed by atoms with van der Waals surface area (Å²) in [5.41, 5.74) is 7.27. The molecule has 0 saturated heterocycles. The number of carbonyl (C=O) groups is 3. The molecule has 0 radical (unpaired) electrons. The van der Waals surface area contributed by atoms with Crippen LogP contribution < -0.4 is 15.8 Å². The van der Waals surface area contributed by atoms with E-state index in [4.69, 9.17) is 10.5 Å². The lowest BCUT2D eigenvalue weighted by atomic mass is 9.95. The Kier molecular flexibility index (Phi) is 6.35. The number of carbonyl (C=O) groups excluding carboxylic acids is 3. The van der Waals surface area contributed by atoms with E-state index < -0.39 is 17.8 Å². The van der Waals surface area contributed by atoms with Gasteiger partial charge in [-0.3, -0.25) is 9.59 Å². The summed E-state index contributed by atoms with van der Waals surface area (Å²) in [4.78, 5) is 36.9. The molecule has 1 aliphatic carbocycles. The first-order chi connectivity index (χ1) is 13.4. The van der Waals surface area contributed by atoms with Crippen molar-refractivity contribution in [1.82, 2.24) is 0 Å². The van der Waals surface area contributed by atoms with E-state index in [1.165, 1.54) is 18.4 Å². The minimum atomic E-state index is -0.531. The number of nitrogens with two attached hydrogens (primary N) is 1. The first-order valence-corrected chi connectivity index (χ1v) is 10.3. The topological polar surface area (TPSA) is 108 Å². The molecule has 3 N–H and O–H groups in total. The average Bonchev–Trinajstić information content (AvgIpc) is 3.04. The number of thiophene rings is 1. The summed E-state index contributed by atoms with van der Waals surface area (Å²) in [6, 6.07) is 4.67. The van der Waals surface area contributed by atoms with Crippen molar-refractivity contribution in [2.24, 2.45) is 5.73 Å². The average molecular weight is 467 g/mol. The number of amides is 2. The molecule has 0 bridgehead atoms. The highest BCUT2D eigenvalue weighted by Gasteiger charge is 2.25. The normalized spacial score (nSPS) is 12.8. The van der Waals surface area contributed by atoms with Crippen molar-refractivity contribution in [3.05, 3.63) is 44.2 Å². The van der Waals surface area contributed by atoms with Crippen molar-refractivity contribution in [2.75, 3.05) is 19.0 Å². The Balaban J connectivity index is 1.68. The van der Waals surface area contributed by atoms with Crippen LogP contribution in [0.2, 0.25) is 0 Å². The molecule has 1 aromatic carbocycles. The Morgan fingerprint density at radius 3 is 2.68 bits per heavy atom. The largest absolute Gasteiger partial charge is 0.483 e. The summed E-state index contributed by atoms with van der Waals surface area (Å²) < 4.78 is 10.7. The molecule has 0 spiro atoms. The molecule has 0 fully saturated rings. The van der Waals surface area contributed by atoms with E-state index in [1.807, 2.05) is 0 Å². The number of halogens is 1. The third kappa shape index (κ3) is 4.36. The molecule has 0 saturated carbocycles. The van der Waals surface area contributed by atoms with Crippen molar-refractivity contribution < 1.29 is 23.9 Å². The molecular weight excluding hydrogens is 448 g/mol. The molecule has 1 aliphatic rings. The van der Waals surface area contributed by atoms with Gasteiger partial charge < -0.3 is 20.5 Å². The van der Waals surface area contributed by atoms with Crippen molar-refractivity contribution >= 4 is 50.1 Å². The van der Waals surface area contributed by atoms with Crippen LogP contribution in [0.3, 0.4) is 0 Å². The number of aryl methyl sites for hydroxylation is 1. The molecule has 3 rings (SSSR count). The zero-order chi connectivity index (χ0) is 20.3. The van der Waals surface area contributed by atoms with Crippen LogP contribution in [0.15, 0.2) is 22.7 Å². The molecule has 9 heteroatoms. The lowest BCUT2D eigenvalue weighted by Crippen LogP contribution is -2.22. The maximum atomic E-state index is 12.3. The van der Waals surface area contributed by atoms with E-state index in [0.717, 1.165) is 36.1 Å². The van der Waals surface area contributed by atoms with Crippen LogP contribution in [0.1, 0.15) is 44.0 Å². The van der Waals surface area contributed by atoms with Gasteiger partial charge in [0.05, 0.1) is 22.7 Å². The maximum absolute atomic E-state index is 12.3. The molecule has 1 heterocycles. The number of rotatable bonds is 6. The van der Waals surface area contributed by atoms with Crippen LogP contribution in [-0.2, 0) is 22.4 Å². The number of methoxy groups -OCH3 is 1. The van der Waals surface area contributed by atoms with Gasteiger partial charge in [-0.15, -0.1) is 11.3 Å². The van der Waals surface area contributed by atoms with E-state index in [2.05, 4.69) is 26.0 Å². The van der Waals surface area contributed by atoms with Gasteiger partial charge >= 0.3 is 5.97 Å². The molecule has 0 aliphatic heterocycles. The zero-order valence-electron chi connectivity index (χ0n) is 15.2. The van der Waals surface area contributed by atoms with Crippen LogP contribution in [-0.4, -0.2) is 31.5 Å². The van der Waals surface area contributed by atoms with Crippen LogP contribution >= 0.6 is 27.3 Å². The molecule has 0 atom stereocenters. The Hall–Kier alpha value is -2.39. The molecule has 2 amide bonds. The Morgan fingerprint density at radius 1 is 1.25 bits per heavy atom. The van der Waals surface area contributed by atoms with Gasteiger partial charge in [0.1, 0.15) is 10.8 Å². The van der Waals surface area contributed by atoms with Crippen molar-refractivity contribution in [2.45, 2.75) is 25.7 Å². The van der Waals surface area contributed by atoms with Crippen molar-refractivity contribution in [3.8, 4) is 5.75 Å². The van der Waals surface area contributed by atoms with Crippen molar-refractivity contribution in [1.29, 1.82) is 0 Å². The number of ether oxygens (including phenoxy) is 2.